The van der Waals surface area contributed by atoms with E-state index in [9.17, 15) is 15.0 Å². The minimum atomic E-state index is -2.15. The molecule has 46 heavy (non-hydrogen) atoms. The first kappa shape index (κ1) is 37.6. The molecule has 246 valence electrons. The molecular formula is C40H51BrNO3P. The summed E-state index contributed by atoms with van der Waals surface area (Å²) < 4.78 is 0. The number of amides is 1. The molecule has 0 fully saturated rings. The molecule has 4 aromatic rings. The highest BCUT2D eigenvalue weighted by molar-refractivity contribution is 7.95. The van der Waals surface area contributed by atoms with Crippen molar-refractivity contribution >= 4 is 29.1 Å². The lowest BCUT2D eigenvalue weighted by atomic mass is 9.91. The first-order valence-electron chi connectivity index (χ1n) is 16.6. The Balaban J connectivity index is 0.00000576. The normalized spacial score (nSPS) is 13.3. The fraction of sp³-hybridized carbons (Fsp3) is 0.375. The lowest BCUT2D eigenvalue weighted by Crippen LogP contribution is -3.00. The van der Waals surface area contributed by atoms with Crippen LogP contribution in [-0.2, 0) is 11.2 Å². The van der Waals surface area contributed by atoms with E-state index in [1.807, 2.05) is 37.3 Å². The van der Waals surface area contributed by atoms with Gasteiger partial charge in [0.1, 0.15) is 23.2 Å². The SMILES string of the molecule is CCCCCCCCc1ccc(C(O)CC(C)(CO)NC(=O)CC[P+](c2ccccc2)(c2ccccc2)c2ccccc2)cc1.[Br-]. The molecule has 0 saturated heterocycles. The zero-order valence-corrected chi connectivity index (χ0v) is 29.9. The third-order valence-electron chi connectivity index (χ3n) is 8.88. The van der Waals surface area contributed by atoms with Gasteiger partial charge in [0.15, 0.2) is 0 Å². The van der Waals surface area contributed by atoms with Crippen molar-refractivity contribution in [3.63, 3.8) is 0 Å². The number of aryl methyl sites for hydroxylation is 1. The van der Waals surface area contributed by atoms with Crippen molar-refractivity contribution in [2.45, 2.75) is 83.3 Å². The van der Waals surface area contributed by atoms with E-state index in [1.165, 1.54) is 60.0 Å². The summed E-state index contributed by atoms with van der Waals surface area (Å²) in [7, 11) is -2.15. The Morgan fingerprint density at radius 3 is 1.70 bits per heavy atom. The van der Waals surface area contributed by atoms with E-state index in [1.54, 1.807) is 0 Å². The summed E-state index contributed by atoms with van der Waals surface area (Å²) in [5, 5.41) is 28.3. The molecule has 0 spiro atoms. The molecule has 0 radical (unpaired) electrons. The minimum Gasteiger partial charge on any atom is -1.00 e. The van der Waals surface area contributed by atoms with Gasteiger partial charge in [-0.2, -0.15) is 0 Å². The predicted molar refractivity (Wildman–Crippen MR) is 191 cm³/mol. The van der Waals surface area contributed by atoms with Crippen molar-refractivity contribution in [2.24, 2.45) is 0 Å². The van der Waals surface area contributed by atoms with E-state index in [4.69, 9.17) is 0 Å². The maximum absolute atomic E-state index is 13.6. The van der Waals surface area contributed by atoms with Crippen LogP contribution in [0, 0.1) is 0 Å². The first-order valence-corrected chi connectivity index (χ1v) is 18.6. The summed E-state index contributed by atoms with van der Waals surface area (Å²) in [6, 6.07) is 39.7. The Hall–Kier alpha value is -2.82. The smallest absolute Gasteiger partial charge is 0.224 e. The van der Waals surface area contributed by atoms with Gasteiger partial charge in [-0.25, -0.2) is 0 Å². The maximum atomic E-state index is 13.6. The molecule has 0 bridgehead atoms. The van der Waals surface area contributed by atoms with E-state index in [0.29, 0.717) is 12.6 Å². The lowest BCUT2D eigenvalue weighted by molar-refractivity contribution is -0.123. The zero-order chi connectivity index (χ0) is 32.0. The average molecular weight is 705 g/mol. The summed E-state index contributed by atoms with van der Waals surface area (Å²) in [5.41, 5.74) is 1.13. The van der Waals surface area contributed by atoms with E-state index in [0.717, 1.165) is 12.0 Å². The van der Waals surface area contributed by atoms with Crippen LogP contribution in [0.25, 0.3) is 0 Å². The molecule has 2 unspecified atom stereocenters. The number of unbranched alkanes of at least 4 members (excludes halogenated alkanes) is 5. The molecule has 0 aliphatic heterocycles. The van der Waals surface area contributed by atoms with Gasteiger partial charge in [0.05, 0.1) is 30.8 Å². The van der Waals surface area contributed by atoms with Crippen molar-refractivity contribution in [2.75, 3.05) is 12.8 Å². The number of rotatable bonds is 18. The molecule has 0 aliphatic rings. The van der Waals surface area contributed by atoms with Crippen LogP contribution in [0.15, 0.2) is 115 Å². The quantitative estimate of drug-likeness (QED) is 0.107. The highest BCUT2D eigenvalue weighted by Crippen LogP contribution is 2.55. The first-order chi connectivity index (χ1) is 21.9. The van der Waals surface area contributed by atoms with Crippen LogP contribution in [0.3, 0.4) is 0 Å². The fourth-order valence-electron chi connectivity index (χ4n) is 6.27. The number of carbonyl (C=O) groups excluding carboxylic acids is 1. The molecule has 3 N–H and O–H groups in total. The molecule has 4 rings (SSSR count). The van der Waals surface area contributed by atoms with Gasteiger partial charge in [0, 0.05) is 6.42 Å². The van der Waals surface area contributed by atoms with Crippen LogP contribution in [0.1, 0.15) is 82.4 Å². The Labute approximate surface area is 287 Å². The highest BCUT2D eigenvalue weighted by Gasteiger charge is 2.45. The standard InChI is InChI=1S/C40H50NO3P.BrH/c1-3-4-5-6-7-11-18-33-25-27-34(28-26-33)38(43)31-40(2,32-42)41-39(44)29-30-45(35-19-12-8-13-20-35,36-21-14-9-15-22-36)37-23-16-10-17-24-37;/h8-10,12-17,19-28,38,42-43H,3-7,11,18,29-32H2,1-2H3;1H. The molecular weight excluding hydrogens is 653 g/mol. The minimum absolute atomic E-state index is 0. The van der Waals surface area contributed by atoms with Gasteiger partial charge in [-0.3, -0.25) is 4.79 Å². The summed E-state index contributed by atoms with van der Waals surface area (Å²) in [5.74, 6) is -0.125. The van der Waals surface area contributed by atoms with Gasteiger partial charge in [0.2, 0.25) is 5.91 Å². The summed E-state index contributed by atoms with van der Waals surface area (Å²) in [6.45, 7) is 3.79. The van der Waals surface area contributed by atoms with Crippen molar-refractivity contribution in [3.8, 4) is 0 Å². The fourth-order valence-corrected chi connectivity index (χ4v) is 10.5. The van der Waals surface area contributed by atoms with E-state index in [2.05, 4.69) is 97.2 Å². The van der Waals surface area contributed by atoms with E-state index < -0.39 is 18.9 Å². The topological polar surface area (TPSA) is 69.6 Å². The number of aliphatic hydroxyl groups is 2. The maximum Gasteiger partial charge on any atom is 0.224 e. The third-order valence-corrected chi connectivity index (χ3v) is 13.3. The number of hydrogen-bond donors (Lipinski definition) is 3. The van der Waals surface area contributed by atoms with Crippen molar-refractivity contribution in [1.82, 2.24) is 5.32 Å². The Bertz CT molecular complexity index is 1320. The molecule has 4 nitrogen and oxygen atoms in total. The number of aliphatic hydroxyl groups excluding tert-OH is 2. The Kier molecular flexibility index (Phi) is 15.6. The van der Waals surface area contributed by atoms with Crippen LogP contribution in [-0.4, -0.2) is 34.4 Å². The molecule has 0 aliphatic carbocycles. The summed E-state index contributed by atoms with van der Waals surface area (Å²) >= 11 is 0. The summed E-state index contributed by atoms with van der Waals surface area (Å²) in [4.78, 5) is 13.6. The van der Waals surface area contributed by atoms with Crippen LogP contribution < -0.4 is 38.2 Å². The van der Waals surface area contributed by atoms with E-state index >= 15 is 0 Å². The summed E-state index contributed by atoms with van der Waals surface area (Å²) in [6.07, 6.45) is 9.06. The molecule has 1 amide bonds. The van der Waals surface area contributed by atoms with Gasteiger partial charge >= 0.3 is 0 Å². The van der Waals surface area contributed by atoms with Crippen molar-refractivity contribution in [1.29, 1.82) is 0 Å². The molecule has 2 atom stereocenters. The number of halogens is 1. The van der Waals surface area contributed by atoms with Gasteiger partial charge < -0.3 is 32.5 Å². The van der Waals surface area contributed by atoms with Crippen LogP contribution in [0.5, 0.6) is 0 Å². The Morgan fingerprint density at radius 2 is 1.22 bits per heavy atom. The zero-order valence-electron chi connectivity index (χ0n) is 27.5. The molecule has 0 heterocycles. The average Bonchev–Trinajstić information content (AvgIpc) is 3.08. The van der Waals surface area contributed by atoms with E-state index in [-0.39, 0.29) is 35.9 Å². The monoisotopic (exact) mass is 703 g/mol. The number of benzene rings is 4. The van der Waals surface area contributed by atoms with Crippen molar-refractivity contribution in [3.05, 3.63) is 126 Å². The lowest BCUT2D eigenvalue weighted by Gasteiger charge is -2.32. The second kappa shape index (κ2) is 19.1. The van der Waals surface area contributed by atoms with Gasteiger partial charge in [-0.15, -0.1) is 0 Å². The van der Waals surface area contributed by atoms with Crippen LogP contribution >= 0.6 is 7.26 Å². The second-order valence-electron chi connectivity index (χ2n) is 12.5. The number of hydrogen-bond acceptors (Lipinski definition) is 3. The molecule has 4 aromatic carbocycles. The molecule has 6 heteroatoms. The second-order valence-corrected chi connectivity index (χ2v) is 16.2. The van der Waals surface area contributed by atoms with Gasteiger partial charge in [0.25, 0.3) is 0 Å². The predicted octanol–water partition coefficient (Wildman–Crippen LogP) is 4.27. The van der Waals surface area contributed by atoms with Gasteiger partial charge in [-0.1, -0.05) is 118 Å². The van der Waals surface area contributed by atoms with Crippen LogP contribution in [0.2, 0.25) is 0 Å². The van der Waals surface area contributed by atoms with Crippen LogP contribution in [0.4, 0.5) is 0 Å². The van der Waals surface area contributed by atoms with Crippen molar-refractivity contribution < 1.29 is 32.0 Å². The molecule has 0 aromatic heterocycles. The molecule has 0 saturated carbocycles. The number of nitrogens with one attached hydrogen (secondary N) is 1. The third kappa shape index (κ3) is 10.3. The highest BCUT2D eigenvalue weighted by atomic mass is 79.9. The van der Waals surface area contributed by atoms with Gasteiger partial charge in [-0.05, 0) is 67.3 Å². The number of carbonyl (C=O) groups is 1. The Morgan fingerprint density at radius 1 is 0.739 bits per heavy atom. The largest absolute Gasteiger partial charge is 1.00 e.